The zero-order valence-corrected chi connectivity index (χ0v) is 17.5. The van der Waals surface area contributed by atoms with Gasteiger partial charge in [-0.15, -0.1) is 0 Å². The van der Waals surface area contributed by atoms with Crippen molar-refractivity contribution in [1.29, 1.82) is 0 Å². The number of fused-ring (bicyclic) bond motifs is 1. The van der Waals surface area contributed by atoms with Gasteiger partial charge in [-0.05, 0) is 36.4 Å². The van der Waals surface area contributed by atoms with Gasteiger partial charge in [-0.1, -0.05) is 46.9 Å². The largest absolute Gasteiger partial charge is 0.362 e. The van der Waals surface area contributed by atoms with E-state index >= 15 is 0 Å². The Morgan fingerprint density at radius 3 is 2.31 bits per heavy atom. The van der Waals surface area contributed by atoms with Crippen LogP contribution in [0.25, 0.3) is 0 Å². The molecule has 0 fully saturated rings. The van der Waals surface area contributed by atoms with Crippen LogP contribution in [0.4, 0.5) is 10.1 Å². The van der Waals surface area contributed by atoms with Crippen LogP contribution in [0.15, 0.2) is 53.4 Å². The maximum absolute atomic E-state index is 13.0. The number of anilines is 1. The molecule has 1 aliphatic rings. The lowest BCUT2D eigenvalue weighted by atomic mass is 10.2. The Kier molecular flexibility index (Phi) is 5.96. The number of hydrogen-bond donors (Lipinski definition) is 2. The van der Waals surface area contributed by atoms with Gasteiger partial charge in [0.25, 0.3) is 15.9 Å². The molecule has 0 aliphatic carbocycles. The Balaban J connectivity index is 1.76. The molecule has 2 aromatic rings. The Morgan fingerprint density at radius 2 is 1.72 bits per heavy atom. The van der Waals surface area contributed by atoms with E-state index in [0.29, 0.717) is 9.99 Å². The summed E-state index contributed by atoms with van der Waals surface area (Å²) < 4.78 is 36.5. The highest BCUT2D eigenvalue weighted by molar-refractivity contribution is 7.90. The predicted octanol–water partition coefficient (Wildman–Crippen LogP) is 2.89. The molecule has 1 atom stereocenters. The van der Waals surface area contributed by atoms with Crippen LogP contribution >= 0.6 is 34.8 Å². The number of halogens is 4. The summed E-state index contributed by atoms with van der Waals surface area (Å²) in [5, 5.41) is 5.04. The van der Waals surface area contributed by atoms with Crippen molar-refractivity contribution < 1.29 is 22.4 Å². The summed E-state index contributed by atoms with van der Waals surface area (Å²) in [4.78, 5) is 24.6. The molecule has 2 aromatic carbocycles. The van der Waals surface area contributed by atoms with Gasteiger partial charge in [-0.3, -0.25) is 9.59 Å². The van der Waals surface area contributed by atoms with E-state index < -0.39 is 44.2 Å². The van der Waals surface area contributed by atoms with Crippen molar-refractivity contribution in [2.75, 3.05) is 11.9 Å². The number of rotatable bonds is 5. The molecule has 7 nitrogen and oxygen atoms in total. The molecule has 0 saturated heterocycles. The monoisotopic (exact) mass is 479 g/mol. The van der Waals surface area contributed by atoms with Gasteiger partial charge in [-0.25, -0.2) is 17.1 Å². The molecule has 1 aliphatic heterocycles. The fourth-order valence-electron chi connectivity index (χ4n) is 2.64. The molecule has 0 saturated carbocycles. The van der Waals surface area contributed by atoms with Crippen molar-refractivity contribution in [2.45, 2.75) is 14.9 Å². The number of nitrogens with one attached hydrogen (secondary N) is 2. The normalized spacial score (nSPS) is 16.3. The molecular formula is C17H13Cl3FN3O4S. The van der Waals surface area contributed by atoms with Gasteiger partial charge in [0.1, 0.15) is 23.4 Å². The van der Waals surface area contributed by atoms with Crippen molar-refractivity contribution >= 4 is 62.3 Å². The summed E-state index contributed by atoms with van der Waals surface area (Å²) in [5.41, 5.74) is 0.308. The first-order valence-corrected chi connectivity index (χ1v) is 10.6. The minimum atomic E-state index is -4.16. The molecule has 0 radical (unpaired) electrons. The number of nitrogens with zero attached hydrogens (tertiary/aromatic N) is 1. The van der Waals surface area contributed by atoms with E-state index in [1.807, 2.05) is 0 Å². The second-order valence-electron chi connectivity index (χ2n) is 6.01. The van der Waals surface area contributed by atoms with Gasteiger partial charge >= 0.3 is 0 Å². The second kappa shape index (κ2) is 7.98. The fourth-order valence-corrected chi connectivity index (χ4v) is 4.49. The molecule has 12 heteroatoms. The highest BCUT2D eigenvalue weighted by atomic mass is 35.6. The quantitative estimate of drug-likeness (QED) is 0.507. The van der Waals surface area contributed by atoms with Crippen molar-refractivity contribution in [3.05, 3.63) is 59.9 Å². The summed E-state index contributed by atoms with van der Waals surface area (Å²) in [6.07, 6.45) is -1.30. The lowest BCUT2D eigenvalue weighted by molar-refractivity contribution is -0.121. The predicted molar refractivity (Wildman–Crippen MR) is 107 cm³/mol. The third-order valence-corrected chi connectivity index (χ3v) is 6.43. The second-order valence-corrected chi connectivity index (χ2v) is 10.2. The Hall–Kier alpha value is -2.07. The number of carbonyl (C=O) groups excluding carboxylic acids is 2. The van der Waals surface area contributed by atoms with Crippen LogP contribution in [-0.4, -0.2) is 41.0 Å². The molecule has 0 bridgehead atoms. The molecule has 29 heavy (non-hydrogen) atoms. The average molecular weight is 481 g/mol. The maximum Gasteiger partial charge on any atom is 0.269 e. The standard InChI is InChI=1S/C17H13Cl3FN3O4S/c18-17(19,20)16(22-11-7-5-10(21)6-8-11)23-14(25)9-24-15(26)12-3-1-2-4-13(12)29(24,27)28/h1-8,16,22H,9H2,(H,23,25). The first kappa shape index (κ1) is 21.6. The Morgan fingerprint density at radius 1 is 1.10 bits per heavy atom. The summed E-state index contributed by atoms with van der Waals surface area (Å²) in [6.45, 7) is -0.807. The number of carbonyl (C=O) groups is 2. The molecular weight excluding hydrogens is 468 g/mol. The minimum Gasteiger partial charge on any atom is -0.362 e. The van der Waals surface area contributed by atoms with E-state index in [2.05, 4.69) is 10.6 Å². The summed E-state index contributed by atoms with van der Waals surface area (Å²) >= 11 is 17.6. The van der Waals surface area contributed by atoms with Crippen LogP contribution in [0, 0.1) is 5.82 Å². The average Bonchev–Trinajstić information content (AvgIpc) is 2.83. The number of alkyl halides is 3. The fraction of sp³-hybridized carbons (Fsp3) is 0.176. The van der Waals surface area contributed by atoms with Crippen molar-refractivity contribution in [1.82, 2.24) is 9.62 Å². The topological polar surface area (TPSA) is 95.6 Å². The SMILES string of the molecule is O=C(CN1C(=O)c2ccccc2S1(=O)=O)NC(Nc1ccc(F)cc1)C(Cl)(Cl)Cl. The molecule has 0 aromatic heterocycles. The number of sulfonamides is 1. The van der Waals surface area contributed by atoms with Crippen LogP contribution in [0.5, 0.6) is 0 Å². The minimum absolute atomic E-state index is 0.0253. The van der Waals surface area contributed by atoms with Crippen LogP contribution in [0.2, 0.25) is 0 Å². The number of hydrogen-bond acceptors (Lipinski definition) is 5. The zero-order chi connectivity index (χ0) is 21.4. The van der Waals surface area contributed by atoms with Gasteiger partial charge in [0, 0.05) is 5.69 Å². The van der Waals surface area contributed by atoms with Gasteiger partial charge in [-0.2, -0.15) is 0 Å². The van der Waals surface area contributed by atoms with E-state index in [9.17, 15) is 22.4 Å². The number of amides is 2. The lowest BCUT2D eigenvalue weighted by Crippen LogP contribution is -2.52. The maximum atomic E-state index is 13.0. The third kappa shape index (κ3) is 4.58. The summed E-state index contributed by atoms with van der Waals surface area (Å²) in [6, 6.07) is 10.7. The van der Waals surface area contributed by atoms with Crippen LogP contribution in [0.3, 0.4) is 0 Å². The molecule has 0 spiro atoms. The van der Waals surface area contributed by atoms with E-state index in [1.54, 1.807) is 0 Å². The van der Waals surface area contributed by atoms with E-state index in [0.717, 1.165) is 12.1 Å². The van der Waals surface area contributed by atoms with Crippen molar-refractivity contribution in [2.24, 2.45) is 0 Å². The van der Waals surface area contributed by atoms with Crippen molar-refractivity contribution in [3.8, 4) is 0 Å². The Labute approximate surface area is 180 Å². The molecule has 2 N–H and O–H groups in total. The highest BCUT2D eigenvalue weighted by Gasteiger charge is 2.42. The molecule has 154 valence electrons. The lowest BCUT2D eigenvalue weighted by Gasteiger charge is -2.28. The number of benzene rings is 2. The van der Waals surface area contributed by atoms with E-state index in [1.165, 1.54) is 36.4 Å². The highest BCUT2D eigenvalue weighted by Crippen LogP contribution is 2.32. The van der Waals surface area contributed by atoms with Gasteiger partial charge in [0.05, 0.1) is 5.56 Å². The third-order valence-electron chi connectivity index (χ3n) is 3.99. The summed E-state index contributed by atoms with van der Waals surface area (Å²) in [7, 11) is -4.16. The van der Waals surface area contributed by atoms with Crippen LogP contribution in [-0.2, 0) is 14.8 Å². The summed E-state index contributed by atoms with van der Waals surface area (Å²) in [5.74, 6) is -2.20. The van der Waals surface area contributed by atoms with Gasteiger partial charge < -0.3 is 10.6 Å². The van der Waals surface area contributed by atoms with Crippen LogP contribution < -0.4 is 10.6 Å². The molecule has 1 heterocycles. The van der Waals surface area contributed by atoms with E-state index in [-0.39, 0.29) is 10.5 Å². The Bertz CT molecular complexity index is 1060. The van der Waals surface area contributed by atoms with Gasteiger partial charge in [0.15, 0.2) is 0 Å². The van der Waals surface area contributed by atoms with Gasteiger partial charge in [0.2, 0.25) is 9.70 Å². The zero-order valence-electron chi connectivity index (χ0n) is 14.4. The van der Waals surface area contributed by atoms with Crippen LogP contribution in [0.1, 0.15) is 10.4 Å². The first-order chi connectivity index (χ1) is 13.5. The van der Waals surface area contributed by atoms with Crippen molar-refractivity contribution in [3.63, 3.8) is 0 Å². The first-order valence-electron chi connectivity index (χ1n) is 8.04. The molecule has 1 unspecified atom stereocenters. The van der Waals surface area contributed by atoms with E-state index in [4.69, 9.17) is 34.8 Å². The smallest absolute Gasteiger partial charge is 0.269 e. The molecule has 2 amide bonds. The molecule has 3 rings (SSSR count).